The van der Waals surface area contributed by atoms with Crippen molar-refractivity contribution in [2.45, 2.75) is 37.6 Å². The van der Waals surface area contributed by atoms with Crippen molar-refractivity contribution in [3.05, 3.63) is 0 Å². The van der Waals surface area contributed by atoms with Crippen molar-refractivity contribution in [3.8, 4) is 0 Å². The van der Waals surface area contributed by atoms with Gasteiger partial charge in [-0.05, 0) is 38.9 Å². The van der Waals surface area contributed by atoms with E-state index in [9.17, 15) is 8.78 Å². The lowest BCUT2D eigenvalue weighted by atomic mass is 9.99. The largest absolute Gasteiger partial charge is 0.317 e. The summed E-state index contributed by atoms with van der Waals surface area (Å²) in [6, 6.07) is 0.391. The Kier molecular flexibility index (Phi) is 3.02. The monoisotopic (exact) mass is 204 g/mol. The average molecular weight is 204 g/mol. The maximum atomic E-state index is 13.2. The molecule has 0 amide bonds. The molecule has 2 fully saturated rings. The second kappa shape index (κ2) is 4.11. The molecule has 0 aromatic heterocycles. The summed E-state index contributed by atoms with van der Waals surface area (Å²) < 4.78 is 26.3. The van der Waals surface area contributed by atoms with Crippen LogP contribution in [0.5, 0.6) is 0 Å². The molecule has 0 aliphatic carbocycles. The summed E-state index contributed by atoms with van der Waals surface area (Å²) in [7, 11) is 0. The van der Waals surface area contributed by atoms with E-state index in [0.717, 1.165) is 32.5 Å². The first kappa shape index (κ1) is 10.3. The summed E-state index contributed by atoms with van der Waals surface area (Å²) in [6.07, 6.45) is 2.78. The van der Waals surface area contributed by atoms with E-state index >= 15 is 0 Å². The lowest BCUT2D eigenvalue weighted by Crippen LogP contribution is -2.50. The van der Waals surface area contributed by atoms with Gasteiger partial charge in [-0.1, -0.05) is 0 Å². The number of nitrogens with zero attached hydrogens (tertiary/aromatic N) is 1. The number of rotatable bonds is 1. The van der Waals surface area contributed by atoms with Crippen molar-refractivity contribution in [2.24, 2.45) is 0 Å². The van der Waals surface area contributed by atoms with Gasteiger partial charge in [0.2, 0.25) is 0 Å². The summed E-state index contributed by atoms with van der Waals surface area (Å²) >= 11 is 0. The van der Waals surface area contributed by atoms with Crippen molar-refractivity contribution in [3.63, 3.8) is 0 Å². The molecule has 0 aromatic rings. The van der Waals surface area contributed by atoms with Crippen LogP contribution in [0.15, 0.2) is 0 Å². The topological polar surface area (TPSA) is 15.3 Å². The van der Waals surface area contributed by atoms with Crippen LogP contribution in [0.4, 0.5) is 8.78 Å². The molecule has 0 unspecified atom stereocenters. The van der Waals surface area contributed by atoms with Crippen LogP contribution >= 0.6 is 0 Å². The molecule has 0 bridgehead atoms. The predicted octanol–water partition coefficient (Wildman–Crippen LogP) is 1.47. The predicted molar refractivity (Wildman–Crippen MR) is 51.6 cm³/mol. The summed E-state index contributed by atoms with van der Waals surface area (Å²) in [4.78, 5) is 1.99. The maximum absolute atomic E-state index is 13.2. The Balaban J connectivity index is 1.89. The van der Waals surface area contributed by atoms with Gasteiger partial charge < -0.3 is 5.32 Å². The van der Waals surface area contributed by atoms with Crippen LogP contribution in [0.1, 0.15) is 25.7 Å². The van der Waals surface area contributed by atoms with Gasteiger partial charge in [0.05, 0.1) is 6.54 Å². The molecule has 2 saturated heterocycles. The number of hydrogen-bond donors (Lipinski definition) is 1. The van der Waals surface area contributed by atoms with Gasteiger partial charge in [-0.2, -0.15) is 0 Å². The third-order valence-electron chi connectivity index (χ3n) is 3.25. The van der Waals surface area contributed by atoms with Crippen LogP contribution in [-0.2, 0) is 0 Å². The Labute approximate surface area is 83.7 Å². The van der Waals surface area contributed by atoms with Crippen molar-refractivity contribution in [1.82, 2.24) is 10.2 Å². The SMILES string of the molecule is FC1(F)CCCN(C2CCNCC2)C1. The minimum atomic E-state index is -2.44. The molecule has 2 rings (SSSR count). The first-order chi connectivity index (χ1) is 6.67. The summed E-state index contributed by atoms with van der Waals surface area (Å²) in [5, 5.41) is 3.26. The van der Waals surface area contributed by atoms with Crippen molar-refractivity contribution in [1.29, 1.82) is 0 Å². The Morgan fingerprint density at radius 2 is 1.93 bits per heavy atom. The second-order valence-corrected chi connectivity index (χ2v) is 4.41. The summed E-state index contributed by atoms with van der Waals surface area (Å²) in [6.45, 7) is 2.80. The Morgan fingerprint density at radius 1 is 1.21 bits per heavy atom. The highest BCUT2D eigenvalue weighted by molar-refractivity contribution is 4.85. The zero-order valence-corrected chi connectivity index (χ0v) is 8.44. The fraction of sp³-hybridized carbons (Fsp3) is 1.00. The van der Waals surface area contributed by atoms with E-state index in [4.69, 9.17) is 0 Å². The van der Waals surface area contributed by atoms with Gasteiger partial charge in [-0.25, -0.2) is 8.78 Å². The zero-order chi connectivity index (χ0) is 10.0. The molecule has 2 aliphatic heterocycles. The Morgan fingerprint density at radius 3 is 2.57 bits per heavy atom. The first-order valence-electron chi connectivity index (χ1n) is 5.50. The number of piperidine rings is 2. The molecule has 2 aliphatic rings. The highest BCUT2D eigenvalue weighted by Crippen LogP contribution is 2.29. The highest BCUT2D eigenvalue weighted by atomic mass is 19.3. The number of likely N-dealkylation sites (tertiary alicyclic amines) is 1. The molecular weight excluding hydrogens is 186 g/mol. The van der Waals surface area contributed by atoms with Crippen LogP contribution < -0.4 is 5.32 Å². The standard InChI is InChI=1S/C10H18F2N2/c11-10(12)4-1-7-14(8-10)9-2-5-13-6-3-9/h9,13H,1-8H2. The zero-order valence-electron chi connectivity index (χ0n) is 8.44. The van der Waals surface area contributed by atoms with Gasteiger partial charge in [0.15, 0.2) is 0 Å². The van der Waals surface area contributed by atoms with E-state index in [-0.39, 0.29) is 13.0 Å². The smallest absolute Gasteiger partial charge is 0.260 e. The van der Waals surface area contributed by atoms with E-state index in [2.05, 4.69) is 5.32 Å². The molecule has 0 aromatic carbocycles. The second-order valence-electron chi connectivity index (χ2n) is 4.41. The molecule has 0 saturated carbocycles. The fourth-order valence-electron chi connectivity index (χ4n) is 2.48. The Hall–Kier alpha value is -0.220. The fourth-order valence-corrected chi connectivity index (χ4v) is 2.48. The minimum absolute atomic E-state index is 0.0162. The van der Waals surface area contributed by atoms with Crippen molar-refractivity contribution in [2.75, 3.05) is 26.2 Å². The minimum Gasteiger partial charge on any atom is -0.317 e. The van der Waals surface area contributed by atoms with E-state index in [1.165, 1.54) is 0 Å². The van der Waals surface area contributed by atoms with E-state index in [0.29, 0.717) is 12.5 Å². The Bertz CT molecular complexity index is 191. The van der Waals surface area contributed by atoms with Gasteiger partial charge >= 0.3 is 0 Å². The van der Waals surface area contributed by atoms with E-state index in [1.807, 2.05) is 4.90 Å². The summed E-state index contributed by atoms with van der Waals surface area (Å²) in [5.74, 6) is -2.44. The van der Waals surface area contributed by atoms with Gasteiger partial charge in [0.25, 0.3) is 5.92 Å². The van der Waals surface area contributed by atoms with Crippen LogP contribution in [0.25, 0.3) is 0 Å². The van der Waals surface area contributed by atoms with Crippen LogP contribution in [-0.4, -0.2) is 43.0 Å². The molecule has 82 valence electrons. The molecule has 2 nitrogen and oxygen atoms in total. The highest BCUT2D eigenvalue weighted by Gasteiger charge is 2.37. The molecule has 0 spiro atoms. The van der Waals surface area contributed by atoms with Crippen LogP contribution in [0.3, 0.4) is 0 Å². The summed E-state index contributed by atoms with van der Waals surface area (Å²) in [5.41, 5.74) is 0. The number of halogens is 2. The third kappa shape index (κ3) is 2.42. The van der Waals surface area contributed by atoms with E-state index in [1.54, 1.807) is 0 Å². The van der Waals surface area contributed by atoms with Crippen molar-refractivity contribution < 1.29 is 8.78 Å². The molecule has 0 radical (unpaired) electrons. The van der Waals surface area contributed by atoms with Crippen LogP contribution in [0.2, 0.25) is 0 Å². The molecule has 1 N–H and O–H groups in total. The van der Waals surface area contributed by atoms with Gasteiger partial charge in [0, 0.05) is 12.5 Å². The van der Waals surface area contributed by atoms with Gasteiger partial charge in [-0.3, -0.25) is 4.90 Å². The number of alkyl halides is 2. The average Bonchev–Trinajstić information content (AvgIpc) is 2.18. The third-order valence-corrected chi connectivity index (χ3v) is 3.25. The molecule has 14 heavy (non-hydrogen) atoms. The first-order valence-corrected chi connectivity index (χ1v) is 5.50. The van der Waals surface area contributed by atoms with Gasteiger partial charge in [-0.15, -0.1) is 0 Å². The maximum Gasteiger partial charge on any atom is 0.260 e. The van der Waals surface area contributed by atoms with Crippen molar-refractivity contribution >= 4 is 0 Å². The quantitative estimate of drug-likeness (QED) is 0.696. The van der Waals surface area contributed by atoms with Gasteiger partial charge in [0.1, 0.15) is 0 Å². The molecule has 4 heteroatoms. The van der Waals surface area contributed by atoms with Crippen LogP contribution in [0, 0.1) is 0 Å². The number of hydrogen-bond acceptors (Lipinski definition) is 2. The lowest BCUT2D eigenvalue weighted by Gasteiger charge is -2.39. The van der Waals surface area contributed by atoms with E-state index < -0.39 is 5.92 Å². The molecule has 2 heterocycles. The number of nitrogens with one attached hydrogen (secondary N) is 1. The molecular formula is C10H18F2N2. The molecule has 0 atom stereocenters. The normalized spacial score (nSPS) is 30.4. The lowest BCUT2D eigenvalue weighted by molar-refractivity contribution is -0.0776.